The summed E-state index contributed by atoms with van der Waals surface area (Å²) in [5, 5.41) is 14.2. The Morgan fingerprint density at radius 2 is 1.93 bits per heavy atom. The molecule has 30 heavy (non-hydrogen) atoms. The van der Waals surface area contributed by atoms with E-state index < -0.39 is 0 Å². The summed E-state index contributed by atoms with van der Waals surface area (Å²) in [6, 6.07) is 11.7. The van der Waals surface area contributed by atoms with Crippen molar-refractivity contribution in [3.05, 3.63) is 53.1 Å². The van der Waals surface area contributed by atoms with Crippen LogP contribution in [-0.4, -0.2) is 42.0 Å². The molecule has 0 aliphatic heterocycles. The Bertz CT molecular complexity index is 1060. The third kappa shape index (κ3) is 5.85. The molecule has 0 aliphatic rings. The van der Waals surface area contributed by atoms with E-state index >= 15 is 0 Å². The highest BCUT2D eigenvalue weighted by molar-refractivity contribution is 8.01. The lowest BCUT2D eigenvalue weighted by atomic mass is 10.2. The lowest BCUT2D eigenvalue weighted by molar-refractivity contribution is -0.113. The van der Waals surface area contributed by atoms with Crippen LogP contribution in [-0.2, 0) is 4.79 Å². The average molecular weight is 465 g/mol. The number of halogens is 1. The molecule has 1 heterocycles. The van der Waals surface area contributed by atoms with Crippen LogP contribution in [0.25, 0.3) is 0 Å². The normalized spacial score (nSPS) is 10.4. The molecular weight excluding hydrogens is 448 g/mol. The summed E-state index contributed by atoms with van der Waals surface area (Å²) in [6.45, 7) is 0. The number of rotatable bonds is 8. The van der Waals surface area contributed by atoms with Crippen molar-refractivity contribution in [3.8, 4) is 11.5 Å². The quantitative estimate of drug-likeness (QED) is 0.380. The molecule has 11 heteroatoms. The van der Waals surface area contributed by atoms with E-state index in [1.807, 2.05) is 0 Å². The molecule has 0 bridgehead atoms. The van der Waals surface area contributed by atoms with Crippen molar-refractivity contribution in [2.24, 2.45) is 0 Å². The Kier molecular flexibility index (Phi) is 7.50. The zero-order valence-corrected chi connectivity index (χ0v) is 18.4. The summed E-state index contributed by atoms with van der Waals surface area (Å²) in [7, 11) is 3.04. The van der Waals surface area contributed by atoms with E-state index in [4.69, 9.17) is 21.1 Å². The molecule has 0 fully saturated rings. The van der Waals surface area contributed by atoms with Gasteiger partial charge in [0, 0.05) is 10.6 Å². The van der Waals surface area contributed by atoms with Crippen LogP contribution in [0.3, 0.4) is 0 Å². The van der Waals surface area contributed by atoms with E-state index in [2.05, 4.69) is 20.8 Å². The Labute approximate surface area is 185 Å². The van der Waals surface area contributed by atoms with Gasteiger partial charge in [-0.3, -0.25) is 14.9 Å². The Hall–Kier alpha value is -2.82. The van der Waals surface area contributed by atoms with Crippen molar-refractivity contribution in [1.82, 2.24) is 10.2 Å². The number of hydrogen-bond donors (Lipinski definition) is 2. The van der Waals surface area contributed by atoms with Gasteiger partial charge < -0.3 is 14.8 Å². The number of benzene rings is 2. The Morgan fingerprint density at radius 3 is 2.70 bits per heavy atom. The molecule has 156 valence electrons. The second kappa shape index (κ2) is 10.3. The fourth-order valence-electron chi connectivity index (χ4n) is 2.34. The number of thioether (sulfide) groups is 1. The van der Waals surface area contributed by atoms with Crippen LogP contribution in [0.1, 0.15) is 10.4 Å². The topological polar surface area (TPSA) is 102 Å². The van der Waals surface area contributed by atoms with Crippen molar-refractivity contribution in [2.75, 3.05) is 30.6 Å². The molecule has 2 N–H and O–H groups in total. The molecule has 3 aromatic rings. The molecule has 3 rings (SSSR count). The minimum absolute atomic E-state index is 0.105. The van der Waals surface area contributed by atoms with Crippen molar-refractivity contribution >= 4 is 57.3 Å². The lowest BCUT2D eigenvalue weighted by Gasteiger charge is -2.09. The highest BCUT2D eigenvalue weighted by atomic mass is 35.5. The SMILES string of the molecule is COc1cccc(C(=O)Nc2nnc(SCC(=O)Nc3cc(Cl)ccc3OC)s2)c1. The first-order valence-corrected chi connectivity index (χ1v) is 10.7. The number of nitrogens with zero attached hydrogens (tertiary/aromatic N) is 2. The van der Waals surface area contributed by atoms with E-state index in [9.17, 15) is 9.59 Å². The second-order valence-corrected chi connectivity index (χ2v) is 8.38. The predicted molar refractivity (Wildman–Crippen MR) is 118 cm³/mol. The van der Waals surface area contributed by atoms with Crippen molar-refractivity contribution < 1.29 is 19.1 Å². The van der Waals surface area contributed by atoms with E-state index in [0.717, 1.165) is 0 Å². The van der Waals surface area contributed by atoms with Gasteiger partial charge >= 0.3 is 0 Å². The van der Waals surface area contributed by atoms with Crippen molar-refractivity contribution in [3.63, 3.8) is 0 Å². The van der Waals surface area contributed by atoms with Crippen LogP contribution in [0.4, 0.5) is 10.8 Å². The van der Waals surface area contributed by atoms with Crippen LogP contribution >= 0.6 is 34.7 Å². The maximum atomic E-state index is 12.3. The maximum absolute atomic E-state index is 12.3. The third-order valence-electron chi connectivity index (χ3n) is 3.72. The van der Waals surface area contributed by atoms with Crippen molar-refractivity contribution in [2.45, 2.75) is 4.34 Å². The number of anilines is 2. The van der Waals surface area contributed by atoms with E-state index in [0.29, 0.717) is 37.2 Å². The number of hydrogen-bond acceptors (Lipinski definition) is 8. The molecule has 0 spiro atoms. The standard InChI is InChI=1S/C19H17ClN4O4S2/c1-27-13-5-3-4-11(8-13)17(26)22-18-23-24-19(30-18)29-10-16(25)21-14-9-12(20)6-7-15(14)28-2/h3-9H,10H2,1-2H3,(H,21,25)(H,22,23,26). The zero-order chi connectivity index (χ0) is 21.5. The van der Waals surface area contributed by atoms with Gasteiger partial charge in [0.15, 0.2) is 4.34 Å². The molecule has 0 aliphatic carbocycles. The largest absolute Gasteiger partial charge is 0.497 e. The number of aromatic nitrogens is 2. The number of carbonyl (C=O) groups is 2. The number of carbonyl (C=O) groups excluding carboxylic acids is 2. The van der Waals surface area contributed by atoms with Gasteiger partial charge in [-0.2, -0.15) is 0 Å². The predicted octanol–water partition coefficient (Wildman–Crippen LogP) is 4.19. The van der Waals surface area contributed by atoms with Gasteiger partial charge in [0.2, 0.25) is 11.0 Å². The van der Waals surface area contributed by atoms with Gasteiger partial charge in [-0.25, -0.2) is 0 Å². The first-order chi connectivity index (χ1) is 14.5. The molecule has 2 aromatic carbocycles. The number of nitrogens with one attached hydrogen (secondary N) is 2. The number of amides is 2. The summed E-state index contributed by atoms with van der Waals surface area (Å²) in [5.74, 6) is 0.619. The van der Waals surface area contributed by atoms with Gasteiger partial charge in [-0.05, 0) is 36.4 Å². The minimum Gasteiger partial charge on any atom is -0.497 e. The highest BCUT2D eigenvalue weighted by Crippen LogP contribution is 2.29. The van der Waals surface area contributed by atoms with Crippen LogP contribution in [0.2, 0.25) is 5.02 Å². The van der Waals surface area contributed by atoms with Gasteiger partial charge in [0.1, 0.15) is 11.5 Å². The Morgan fingerprint density at radius 1 is 1.10 bits per heavy atom. The summed E-state index contributed by atoms with van der Waals surface area (Å²) < 4.78 is 10.9. The smallest absolute Gasteiger partial charge is 0.257 e. The number of methoxy groups -OCH3 is 2. The first kappa shape index (κ1) is 21.9. The average Bonchev–Trinajstić information content (AvgIpc) is 3.19. The molecule has 1 aromatic heterocycles. The number of ether oxygens (including phenoxy) is 2. The van der Waals surface area contributed by atoms with E-state index in [1.54, 1.807) is 42.5 Å². The van der Waals surface area contributed by atoms with Crippen LogP contribution in [0, 0.1) is 0 Å². The maximum Gasteiger partial charge on any atom is 0.257 e. The molecule has 0 atom stereocenters. The molecule has 0 unspecified atom stereocenters. The highest BCUT2D eigenvalue weighted by Gasteiger charge is 2.13. The minimum atomic E-state index is -0.326. The van der Waals surface area contributed by atoms with Crippen molar-refractivity contribution in [1.29, 1.82) is 0 Å². The summed E-state index contributed by atoms with van der Waals surface area (Å²) in [5.41, 5.74) is 0.924. The fraction of sp³-hybridized carbons (Fsp3) is 0.158. The van der Waals surface area contributed by atoms with Gasteiger partial charge in [-0.15, -0.1) is 10.2 Å². The monoisotopic (exact) mass is 464 g/mol. The van der Waals surface area contributed by atoms with Gasteiger partial charge in [0.05, 0.1) is 25.7 Å². The fourth-order valence-corrected chi connectivity index (χ4v) is 4.06. The Balaban J connectivity index is 1.55. The van der Waals surface area contributed by atoms with E-state index in [-0.39, 0.29) is 17.6 Å². The molecule has 0 saturated heterocycles. The van der Waals surface area contributed by atoms with Gasteiger partial charge in [-0.1, -0.05) is 40.8 Å². The van der Waals surface area contributed by atoms with Crippen LogP contribution < -0.4 is 20.1 Å². The molecular formula is C19H17ClN4O4S2. The lowest BCUT2D eigenvalue weighted by Crippen LogP contribution is -2.14. The molecule has 0 saturated carbocycles. The van der Waals surface area contributed by atoms with E-state index in [1.165, 1.54) is 37.3 Å². The summed E-state index contributed by atoms with van der Waals surface area (Å²) in [4.78, 5) is 24.6. The molecule has 0 radical (unpaired) electrons. The summed E-state index contributed by atoms with van der Waals surface area (Å²) in [6.07, 6.45) is 0. The van der Waals surface area contributed by atoms with Crippen LogP contribution in [0.5, 0.6) is 11.5 Å². The van der Waals surface area contributed by atoms with Crippen LogP contribution in [0.15, 0.2) is 46.8 Å². The zero-order valence-electron chi connectivity index (χ0n) is 16.0. The second-order valence-electron chi connectivity index (χ2n) is 5.74. The molecule has 2 amide bonds. The third-order valence-corrected chi connectivity index (χ3v) is 5.93. The molecule has 8 nitrogen and oxygen atoms in total. The summed E-state index contributed by atoms with van der Waals surface area (Å²) >= 11 is 8.34. The van der Waals surface area contributed by atoms with Gasteiger partial charge in [0.25, 0.3) is 5.91 Å². The first-order valence-electron chi connectivity index (χ1n) is 8.53.